The second kappa shape index (κ2) is 8.05. The summed E-state index contributed by atoms with van der Waals surface area (Å²) in [5, 5.41) is 6.54. The van der Waals surface area contributed by atoms with Gasteiger partial charge in [0.15, 0.2) is 0 Å². The van der Waals surface area contributed by atoms with Crippen LogP contribution in [0.2, 0.25) is 5.02 Å². The number of rotatable bonds is 5. The molecule has 0 atom stereocenters. The smallest absolute Gasteiger partial charge is 0.274 e. The summed E-state index contributed by atoms with van der Waals surface area (Å²) in [5.74, 6) is 0.0249. The highest BCUT2D eigenvalue weighted by Gasteiger charge is 2.12. The molecule has 0 unspecified atom stereocenters. The quantitative estimate of drug-likeness (QED) is 0.680. The van der Waals surface area contributed by atoms with Crippen molar-refractivity contribution in [1.29, 1.82) is 0 Å². The summed E-state index contributed by atoms with van der Waals surface area (Å²) in [7, 11) is 3.96. The Kier molecular flexibility index (Phi) is 5.57. The summed E-state index contributed by atoms with van der Waals surface area (Å²) in [4.78, 5) is 23.0. The van der Waals surface area contributed by atoms with Gasteiger partial charge in [0.25, 0.3) is 5.91 Å². The lowest BCUT2D eigenvalue weighted by Gasteiger charge is -2.13. The molecular weight excluding hydrogens is 362 g/mol. The number of hydrogen-bond acceptors (Lipinski definition) is 5. The number of anilines is 4. The molecule has 27 heavy (non-hydrogen) atoms. The third-order valence-corrected chi connectivity index (χ3v) is 4.45. The molecule has 0 fully saturated rings. The molecule has 1 amide bonds. The minimum atomic E-state index is -0.325. The fraction of sp³-hybridized carbons (Fsp3) is 0.150. The zero-order valence-corrected chi connectivity index (χ0v) is 16.1. The number of halogens is 1. The van der Waals surface area contributed by atoms with Crippen LogP contribution in [0.3, 0.4) is 0 Å². The van der Waals surface area contributed by atoms with Gasteiger partial charge in [-0.25, -0.2) is 9.97 Å². The van der Waals surface area contributed by atoms with Crippen molar-refractivity contribution >= 4 is 40.5 Å². The molecule has 0 aliphatic carbocycles. The Labute approximate surface area is 163 Å². The molecule has 3 aromatic rings. The summed E-state index contributed by atoms with van der Waals surface area (Å²) < 4.78 is 0. The SMILES string of the molecule is Cc1c(Cl)cccc1NC(=O)c1ccnc(Nc2ccc(N(C)C)cc2)n1. The Bertz CT molecular complexity index is 957. The number of benzene rings is 2. The summed E-state index contributed by atoms with van der Waals surface area (Å²) in [6, 6.07) is 14.8. The van der Waals surface area contributed by atoms with Gasteiger partial charge in [-0.05, 0) is 55.0 Å². The van der Waals surface area contributed by atoms with E-state index in [0.717, 1.165) is 16.9 Å². The number of nitrogens with one attached hydrogen (secondary N) is 2. The Morgan fingerprint density at radius 3 is 2.52 bits per heavy atom. The maximum atomic E-state index is 12.5. The van der Waals surface area contributed by atoms with Crippen molar-refractivity contribution in [3.8, 4) is 0 Å². The molecule has 2 N–H and O–H groups in total. The van der Waals surface area contributed by atoms with Gasteiger partial charge in [-0.15, -0.1) is 0 Å². The topological polar surface area (TPSA) is 70.2 Å². The second-order valence-corrected chi connectivity index (χ2v) is 6.61. The van der Waals surface area contributed by atoms with E-state index in [2.05, 4.69) is 20.6 Å². The normalized spacial score (nSPS) is 10.4. The molecule has 6 nitrogen and oxygen atoms in total. The van der Waals surface area contributed by atoms with E-state index in [1.807, 2.05) is 50.2 Å². The van der Waals surface area contributed by atoms with Gasteiger partial charge in [-0.2, -0.15) is 0 Å². The molecule has 0 saturated carbocycles. The van der Waals surface area contributed by atoms with Crippen molar-refractivity contribution in [2.45, 2.75) is 6.92 Å². The number of nitrogens with zero attached hydrogens (tertiary/aromatic N) is 3. The average molecular weight is 382 g/mol. The van der Waals surface area contributed by atoms with Crippen molar-refractivity contribution in [2.75, 3.05) is 29.6 Å². The van der Waals surface area contributed by atoms with E-state index in [1.54, 1.807) is 30.5 Å². The Morgan fingerprint density at radius 1 is 1.07 bits per heavy atom. The van der Waals surface area contributed by atoms with Crippen LogP contribution < -0.4 is 15.5 Å². The van der Waals surface area contributed by atoms with E-state index in [9.17, 15) is 4.79 Å². The molecule has 0 aliphatic heterocycles. The molecule has 1 aromatic heterocycles. The first kappa shape index (κ1) is 18.7. The number of carbonyl (C=O) groups is 1. The number of amides is 1. The lowest BCUT2D eigenvalue weighted by Crippen LogP contribution is -2.15. The largest absolute Gasteiger partial charge is 0.378 e. The lowest BCUT2D eigenvalue weighted by atomic mass is 10.2. The third-order valence-electron chi connectivity index (χ3n) is 4.04. The molecule has 0 bridgehead atoms. The molecule has 7 heteroatoms. The average Bonchev–Trinajstić information content (AvgIpc) is 2.66. The Hall–Kier alpha value is -3.12. The van der Waals surface area contributed by atoms with E-state index in [-0.39, 0.29) is 11.6 Å². The summed E-state index contributed by atoms with van der Waals surface area (Å²) in [6.07, 6.45) is 1.54. The van der Waals surface area contributed by atoms with E-state index < -0.39 is 0 Å². The Morgan fingerprint density at radius 2 is 1.81 bits per heavy atom. The summed E-state index contributed by atoms with van der Waals surface area (Å²) in [5.41, 5.74) is 3.65. The highest BCUT2D eigenvalue weighted by molar-refractivity contribution is 6.31. The van der Waals surface area contributed by atoms with Gasteiger partial charge in [-0.1, -0.05) is 17.7 Å². The first-order valence-electron chi connectivity index (χ1n) is 8.38. The van der Waals surface area contributed by atoms with E-state index in [1.165, 1.54) is 0 Å². The van der Waals surface area contributed by atoms with Gasteiger partial charge in [0.2, 0.25) is 5.95 Å². The van der Waals surface area contributed by atoms with Crippen LogP contribution in [0.15, 0.2) is 54.7 Å². The second-order valence-electron chi connectivity index (χ2n) is 6.20. The first-order valence-corrected chi connectivity index (χ1v) is 8.76. The van der Waals surface area contributed by atoms with Crippen molar-refractivity contribution in [1.82, 2.24) is 9.97 Å². The lowest BCUT2D eigenvalue weighted by molar-refractivity contribution is 0.102. The zero-order valence-electron chi connectivity index (χ0n) is 15.3. The molecule has 1 heterocycles. The molecular formula is C20H20ClN5O. The predicted octanol–water partition coefficient (Wildman–Crippen LogP) is 4.50. The van der Waals surface area contributed by atoms with E-state index in [4.69, 9.17) is 11.6 Å². The number of carbonyl (C=O) groups excluding carboxylic acids is 1. The summed E-state index contributed by atoms with van der Waals surface area (Å²) in [6.45, 7) is 1.85. The van der Waals surface area contributed by atoms with Gasteiger partial charge >= 0.3 is 0 Å². The summed E-state index contributed by atoms with van der Waals surface area (Å²) >= 11 is 6.10. The van der Waals surface area contributed by atoms with Crippen LogP contribution in [0.1, 0.15) is 16.1 Å². The van der Waals surface area contributed by atoms with Crippen LogP contribution in [-0.2, 0) is 0 Å². The van der Waals surface area contributed by atoms with Crippen LogP contribution >= 0.6 is 11.6 Å². The third kappa shape index (κ3) is 4.54. The van der Waals surface area contributed by atoms with E-state index >= 15 is 0 Å². The van der Waals surface area contributed by atoms with Crippen molar-refractivity contribution in [2.24, 2.45) is 0 Å². The monoisotopic (exact) mass is 381 g/mol. The van der Waals surface area contributed by atoms with Crippen LogP contribution in [-0.4, -0.2) is 30.0 Å². The highest BCUT2D eigenvalue weighted by atomic mass is 35.5. The number of hydrogen-bond donors (Lipinski definition) is 2. The standard InChI is InChI=1S/C20H20ClN5O/c1-13-16(21)5-4-6-17(13)24-19(27)18-11-12-22-20(25-18)23-14-7-9-15(10-8-14)26(2)3/h4-12H,1-3H3,(H,24,27)(H,22,23,25). The molecule has 0 saturated heterocycles. The minimum Gasteiger partial charge on any atom is -0.378 e. The van der Waals surface area contributed by atoms with Gasteiger partial charge in [-0.3, -0.25) is 4.79 Å². The van der Waals surface area contributed by atoms with Crippen LogP contribution in [0.25, 0.3) is 0 Å². The maximum absolute atomic E-state index is 12.5. The molecule has 0 aliphatic rings. The number of aromatic nitrogens is 2. The van der Waals surface area contributed by atoms with E-state index in [0.29, 0.717) is 16.7 Å². The fourth-order valence-electron chi connectivity index (χ4n) is 2.45. The van der Waals surface area contributed by atoms with Crippen molar-refractivity contribution in [3.05, 3.63) is 71.0 Å². The van der Waals surface area contributed by atoms with Gasteiger partial charge < -0.3 is 15.5 Å². The molecule has 138 valence electrons. The molecule has 0 radical (unpaired) electrons. The highest BCUT2D eigenvalue weighted by Crippen LogP contribution is 2.23. The first-order chi connectivity index (χ1) is 12.9. The van der Waals surface area contributed by atoms with Crippen molar-refractivity contribution in [3.63, 3.8) is 0 Å². The molecule has 2 aromatic carbocycles. The van der Waals surface area contributed by atoms with Gasteiger partial charge in [0, 0.05) is 42.4 Å². The van der Waals surface area contributed by atoms with Gasteiger partial charge in [0.1, 0.15) is 5.69 Å². The maximum Gasteiger partial charge on any atom is 0.274 e. The van der Waals surface area contributed by atoms with Crippen LogP contribution in [0.4, 0.5) is 23.0 Å². The predicted molar refractivity (Wildman–Crippen MR) is 110 cm³/mol. The minimum absolute atomic E-state index is 0.261. The fourth-order valence-corrected chi connectivity index (χ4v) is 2.62. The van der Waals surface area contributed by atoms with Crippen LogP contribution in [0, 0.1) is 6.92 Å². The van der Waals surface area contributed by atoms with Crippen LogP contribution in [0.5, 0.6) is 0 Å². The zero-order chi connectivity index (χ0) is 19.4. The van der Waals surface area contributed by atoms with Gasteiger partial charge in [0.05, 0.1) is 0 Å². The molecule has 3 rings (SSSR count). The molecule has 0 spiro atoms. The van der Waals surface area contributed by atoms with Crippen molar-refractivity contribution < 1.29 is 4.79 Å². The Balaban J connectivity index is 1.74.